The van der Waals surface area contributed by atoms with Crippen molar-refractivity contribution in [3.8, 4) is 11.3 Å². The summed E-state index contributed by atoms with van der Waals surface area (Å²) in [7, 11) is 0. The highest BCUT2D eigenvalue weighted by molar-refractivity contribution is 9.10. The molecular weight excluding hydrogens is 482 g/mol. The number of benzene rings is 2. The lowest BCUT2D eigenvalue weighted by Gasteiger charge is -2.26. The van der Waals surface area contributed by atoms with Gasteiger partial charge >= 0.3 is 0 Å². The number of thiocarbonyl (C=S) groups is 1. The third-order valence-electron chi connectivity index (χ3n) is 5.69. The quantitative estimate of drug-likeness (QED) is 0.306. The number of anilines is 1. The maximum Gasteiger partial charge on any atom is 0.174 e. The van der Waals surface area contributed by atoms with Gasteiger partial charge in [-0.25, -0.2) is 0 Å². The maximum atomic E-state index is 6.46. The molecule has 2 aromatic heterocycles. The van der Waals surface area contributed by atoms with Gasteiger partial charge in [-0.2, -0.15) is 0 Å². The van der Waals surface area contributed by atoms with E-state index >= 15 is 0 Å². The zero-order valence-electron chi connectivity index (χ0n) is 17.7. The molecule has 160 valence electrons. The molecule has 6 heteroatoms. The molecule has 32 heavy (non-hydrogen) atoms. The zero-order chi connectivity index (χ0) is 22.2. The molecule has 1 aliphatic rings. The van der Waals surface area contributed by atoms with Crippen molar-refractivity contribution in [1.82, 2.24) is 10.3 Å². The zero-order valence-corrected chi connectivity index (χ0v) is 20.2. The van der Waals surface area contributed by atoms with E-state index in [1.165, 1.54) is 11.1 Å². The van der Waals surface area contributed by atoms with E-state index in [-0.39, 0.29) is 12.1 Å². The molecule has 3 heterocycles. The van der Waals surface area contributed by atoms with Crippen molar-refractivity contribution >= 4 is 38.9 Å². The highest BCUT2D eigenvalue weighted by Gasteiger charge is 2.42. The monoisotopic (exact) mass is 503 g/mol. The second-order valence-electron chi connectivity index (χ2n) is 8.02. The smallest absolute Gasteiger partial charge is 0.174 e. The first-order valence-electron chi connectivity index (χ1n) is 10.4. The van der Waals surface area contributed by atoms with Gasteiger partial charge in [0.1, 0.15) is 17.6 Å². The summed E-state index contributed by atoms with van der Waals surface area (Å²) in [5, 5.41) is 4.14. The van der Waals surface area contributed by atoms with Crippen molar-refractivity contribution in [2.24, 2.45) is 0 Å². The molecule has 0 radical (unpaired) electrons. The van der Waals surface area contributed by atoms with Crippen molar-refractivity contribution in [1.29, 1.82) is 0 Å². The number of nitrogens with zero attached hydrogens (tertiary/aromatic N) is 2. The summed E-state index contributed by atoms with van der Waals surface area (Å²) in [4.78, 5) is 6.74. The van der Waals surface area contributed by atoms with Crippen LogP contribution in [0.3, 0.4) is 0 Å². The Balaban J connectivity index is 1.61. The van der Waals surface area contributed by atoms with Crippen LogP contribution in [0.2, 0.25) is 0 Å². The van der Waals surface area contributed by atoms with E-state index < -0.39 is 0 Å². The molecule has 4 nitrogen and oxygen atoms in total. The minimum Gasteiger partial charge on any atom is -0.459 e. The molecule has 1 N–H and O–H groups in total. The van der Waals surface area contributed by atoms with Gasteiger partial charge in [0.15, 0.2) is 5.11 Å². The summed E-state index contributed by atoms with van der Waals surface area (Å²) in [5.74, 6) is 1.64. The lowest BCUT2D eigenvalue weighted by Crippen LogP contribution is -2.29. The Morgan fingerprint density at radius 1 is 0.969 bits per heavy atom. The topological polar surface area (TPSA) is 41.3 Å². The molecule has 0 amide bonds. The van der Waals surface area contributed by atoms with Crippen molar-refractivity contribution in [3.05, 3.63) is 106 Å². The summed E-state index contributed by atoms with van der Waals surface area (Å²) in [6.45, 7) is 4.16. The van der Waals surface area contributed by atoms with E-state index in [0.717, 1.165) is 32.9 Å². The highest BCUT2D eigenvalue weighted by atomic mass is 79.9. The van der Waals surface area contributed by atoms with Crippen LogP contribution in [0.5, 0.6) is 0 Å². The van der Waals surface area contributed by atoms with Gasteiger partial charge in [-0.05, 0) is 85.7 Å². The molecule has 1 aliphatic heterocycles. The number of nitrogens with one attached hydrogen (secondary N) is 1. The van der Waals surface area contributed by atoms with Crippen LogP contribution >= 0.6 is 28.1 Å². The molecule has 1 saturated heterocycles. The highest BCUT2D eigenvalue weighted by Crippen LogP contribution is 2.43. The van der Waals surface area contributed by atoms with Gasteiger partial charge in [0, 0.05) is 21.9 Å². The Bertz CT molecular complexity index is 1290. The molecule has 0 spiro atoms. The fourth-order valence-electron chi connectivity index (χ4n) is 4.18. The number of furan rings is 1. The Labute approximate surface area is 201 Å². The van der Waals surface area contributed by atoms with Crippen LogP contribution in [0.15, 0.2) is 87.9 Å². The number of halogens is 1. The molecule has 0 bridgehead atoms. The number of hydrogen-bond donors (Lipinski definition) is 1. The predicted molar refractivity (Wildman–Crippen MR) is 136 cm³/mol. The van der Waals surface area contributed by atoms with Crippen LogP contribution in [-0.4, -0.2) is 10.1 Å². The number of rotatable bonds is 4. The predicted octanol–water partition coefficient (Wildman–Crippen LogP) is 6.90. The van der Waals surface area contributed by atoms with Gasteiger partial charge < -0.3 is 14.6 Å². The summed E-state index contributed by atoms with van der Waals surface area (Å²) < 4.78 is 7.47. The van der Waals surface area contributed by atoms with Crippen molar-refractivity contribution in [2.45, 2.75) is 25.9 Å². The Hall–Kier alpha value is -2.96. The third-order valence-corrected chi connectivity index (χ3v) is 6.66. The van der Waals surface area contributed by atoms with Gasteiger partial charge in [-0.3, -0.25) is 4.98 Å². The van der Waals surface area contributed by atoms with E-state index in [2.05, 4.69) is 87.4 Å². The SMILES string of the molecule is Cc1cccc(N2C(=S)N[C@H](c3ccccn3)[C@H]2c2ccc(-c3ccc(C)cc3Br)o2)c1. The van der Waals surface area contributed by atoms with Crippen molar-refractivity contribution < 1.29 is 4.42 Å². The van der Waals surface area contributed by atoms with Crippen LogP contribution in [0.1, 0.15) is 34.7 Å². The molecule has 2 atom stereocenters. The van der Waals surface area contributed by atoms with Crippen molar-refractivity contribution in [2.75, 3.05) is 4.90 Å². The summed E-state index contributed by atoms with van der Waals surface area (Å²) in [6, 6.07) is 24.3. The summed E-state index contributed by atoms with van der Waals surface area (Å²) >= 11 is 9.47. The minimum atomic E-state index is -0.169. The number of pyridine rings is 1. The molecule has 0 saturated carbocycles. The largest absolute Gasteiger partial charge is 0.459 e. The maximum absolute atomic E-state index is 6.46. The molecule has 2 aromatic carbocycles. The van der Waals surface area contributed by atoms with Crippen molar-refractivity contribution in [3.63, 3.8) is 0 Å². The fourth-order valence-corrected chi connectivity index (χ4v) is 5.21. The normalized spacial score (nSPS) is 18.1. The lowest BCUT2D eigenvalue weighted by molar-refractivity contribution is 0.439. The first-order valence-corrected chi connectivity index (χ1v) is 11.6. The first-order chi connectivity index (χ1) is 15.5. The van der Waals surface area contributed by atoms with Gasteiger partial charge in [-0.15, -0.1) is 0 Å². The molecular formula is C26H22BrN3OS. The van der Waals surface area contributed by atoms with Gasteiger partial charge in [0.25, 0.3) is 0 Å². The van der Waals surface area contributed by atoms with E-state index in [0.29, 0.717) is 5.11 Å². The van der Waals surface area contributed by atoms with E-state index in [1.54, 1.807) is 0 Å². The van der Waals surface area contributed by atoms with E-state index in [4.69, 9.17) is 16.6 Å². The molecule has 1 fully saturated rings. The second kappa shape index (κ2) is 8.52. The van der Waals surface area contributed by atoms with Crippen LogP contribution in [0.25, 0.3) is 11.3 Å². The first kappa shape index (κ1) is 20.9. The van der Waals surface area contributed by atoms with Crippen LogP contribution in [0, 0.1) is 13.8 Å². The third kappa shape index (κ3) is 3.85. The van der Waals surface area contributed by atoms with Gasteiger partial charge in [-0.1, -0.05) is 40.2 Å². The average Bonchev–Trinajstić information content (AvgIpc) is 3.39. The van der Waals surface area contributed by atoms with Gasteiger partial charge in [0.2, 0.25) is 0 Å². The average molecular weight is 504 g/mol. The van der Waals surface area contributed by atoms with E-state index in [1.807, 2.05) is 36.5 Å². The number of aromatic nitrogens is 1. The summed E-state index contributed by atoms with van der Waals surface area (Å²) in [6.07, 6.45) is 1.81. The minimum absolute atomic E-state index is 0.135. The standard InChI is InChI=1S/C26H22BrN3OS/c1-16-6-5-7-18(14-16)30-25(24(29-26(30)32)21-8-3-4-13-28-21)23-12-11-22(31-23)19-10-9-17(2)15-20(19)27/h3-15,24-25H,1-2H3,(H,29,32)/t24-,25-/m1/s1. The molecule has 0 aliphatic carbocycles. The molecule has 5 rings (SSSR count). The van der Waals surface area contributed by atoms with E-state index in [9.17, 15) is 0 Å². The fraction of sp³-hybridized carbons (Fsp3) is 0.154. The second-order valence-corrected chi connectivity index (χ2v) is 9.26. The van der Waals surface area contributed by atoms with Gasteiger partial charge in [0.05, 0.1) is 11.7 Å². The Kier molecular flexibility index (Phi) is 5.57. The molecule has 0 unspecified atom stereocenters. The summed E-state index contributed by atoms with van der Waals surface area (Å²) in [5.41, 5.74) is 5.34. The number of aryl methyl sites for hydroxylation is 2. The number of hydrogen-bond acceptors (Lipinski definition) is 3. The van der Waals surface area contributed by atoms with Crippen LogP contribution < -0.4 is 10.2 Å². The Morgan fingerprint density at radius 3 is 2.56 bits per heavy atom. The van der Waals surface area contributed by atoms with Crippen LogP contribution in [-0.2, 0) is 0 Å². The molecule has 4 aromatic rings. The lowest BCUT2D eigenvalue weighted by atomic mass is 10.0. The van der Waals surface area contributed by atoms with Crippen LogP contribution in [0.4, 0.5) is 5.69 Å². The Morgan fingerprint density at radius 2 is 1.81 bits per heavy atom.